The monoisotopic (exact) mass is 316 g/mol. The number of pyridine rings is 1. The molecule has 1 aromatic carbocycles. The lowest BCUT2D eigenvalue weighted by Gasteiger charge is -2.22. The average Bonchev–Trinajstić information content (AvgIpc) is 2.60. The van der Waals surface area contributed by atoms with Gasteiger partial charge >= 0.3 is 0 Å². The molecule has 5 heteroatoms. The van der Waals surface area contributed by atoms with Crippen molar-refractivity contribution in [1.82, 2.24) is 4.98 Å². The maximum atomic E-state index is 13.1. The van der Waals surface area contributed by atoms with Crippen LogP contribution in [0.5, 0.6) is 0 Å². The Morgan fingerprint density at radius 3 is 2.74 bits per heavy atom. The summed E-state index contributed by atoms with van der Waals surface area (Å²) in [6.45, 7) is 2.78. The molecule has 23 heavy (non-hydrogen) atoms. The van der Waals surface area contributed by atoms with Gasteiger partial charge in [0.1, 0.15) is 5.82 Å². The van der Waals surface area contributed by atoms with Crippen LogP contribution in [0.15, 0.2) is 42.5 Å². The van der Waals surface area contributed by atoms with E-state index < -0.39 is 5.95 Å². The fourth-order valence-electron chi connectivity index (χ4n) is 2.59. The van der Waals surface area contributed by atoms with Crippen LogP contribution in [0.4, 0.5) is 10.2 Å². The first-order valence-electron chi connectivity index (χ1n) is 7.93. The lowest BCUT2D eigenvalue weighted by molar-refractivity contribution is -0.0390. The van der Waals surface area contributed by atoms with Crippen molar-refractivity contribution in [2.24, 2.45) is 0 Å². The minimum Gasteiger partial charge on any atom is -0.381 e. The first kappa shape index (κ1) is 15.9. The Balaban J connectivity index is 1.52. The van der Waals surface area contributed by atoms with E-state index in [0.717, 1.165) is 37.2 Å². The molecule has 0 unspecified atom stereocenters. The molecule has 2 heterocycles. The zero-order valence-electron chi connectivity index (χ0n) is 13.0. The highest BCUT2D eigenvalue weighted by atomic mass is 19.1. The molecule has 1 aromatic heterocycles. The van der Waals surface area contributed by atoms with Crippen LogP contribution >= 0.6 is 0 Å². The quantitative estimate of drug-likeness (QED) is 0.828. The van der Waals surface area contributed by atoms with Gasteiger partial charge in [0.15, 0.2) is 0 Å². The van der Waals surface area contributed by atoms with Gasteiger partial charge in [0, 0.05) is 19.8 Å². The molecule has 0 atom stereocenters. The van der Waals surface area contributed by atoms with E-state index in [1.165, 1.54) is 6.07 Å². The molecule has 1 fully saturated rings. The second kappa shape index (κ2) is 8.04. The number of hydrogen-bond acceptors (Lipinski definition) is 4. The van der Waals surface area contributed by atoms with E-state index in [-0.39, 0.29) is 0 Å². The number of rotatable bonds is 6. The summed E-state index contributed by atoms with van der Waals surface area (Å²) < 4.78 is 24.3. The van der Waals surface area contributed by atoms with Crippen molar-refractivity contribution in [3.05, 3.63) is 59.5 Å². The number of hydrogen-bond donors (Lipinski definition) is 1. The highest BCUT2D eigenvalue weighted by Gasteiger charge is 2.13. The van der Waals surface area contributed by atoms with Gasteiger partial charge in [-0.25, -0.2) is 4.98 Å². The fraction of sp³-hybridized carbons (Fsp3) is 0.389. The van der Waals surface area contributed by atoms with Crippen LogP contribution in [-0.2, 0) is 22.6 Å². The van der Waals surface area contributed by atoms with Gasteiger partial charge in [0.25, 0.3) is 0 Å². The molecule has 0 saturated carbocycles. The highest BCUT2D eigenvalue weighted by Crippen LogP contribution is 2.15. The average molecular weight is 316 g/mol. The van der Waals surface area contributed by atoms with E-state index in [1.54, 1.807) is 12.1 Å². The molecular weight excluding hydrogens is 295 g/mol. The van der Waals surface area contributed by atoms with Crippen molar-refractivity contribution in [2.45, 2.75) is 32.1 Å². The molecule has 0 spiro atoms. The minimum atomic E-state index is -0.478. The molecule has 1 aliphatic rings. The zero-order valence-corrected chi connectivity index (χ0v) is 13.0. The van der Waals surface area contributed by atoms with E-state index >= 15 is 0 Å². The molecule has 0 aliphatic carbocycles. The van der Waals surface area contributed by atoms with E-state index in [1.807, 2.05) is 12.1 Å². The minimum absolute atomic E-state index is 0.294. The number of halogens is 1. The van der Waals surface area contributed by atoms with Crippen LogP contribution in [0.2, 0.25) is 0 Å². The Kier molecular flexibility index (Phi) is 5.56. The number of nitrogens with zero attached hydrogens (tertiary/aromatic N) is 1. The smallest absolute Gasteiger partial charge is 0.214 e. The Labute approximate surface area is 135 Å². The van der Waals surface area contributed by atoms with Crippen molar-refractivity contribution in [3.8, 4) is 0 Å². The Morgan fingerprint density at radius 2 is 1.91 bits per heavy atom. The lowest BCUT2D eigenvalue weighted by Crippen LogP contribution is -2.23. The summed E-state index contributed by atoms with van der Waals surface area (Å²) in [7, 11) is 0. The Morgan fingerprint density at radius 1 is 1.13 bits per heavy atom. The van der Waals surface area contributed by atoms with Crippen molar-refractivity contribution < 1.29 is 13.9 Å². The van der Waals surface area contributed by atoms with Gasteiger partial charge in [-0.3, -0.25) is 0 Å². The van der Waals surface area contributed by atoms with E-state index in [0.29, 0.717) is 25.1 Å². The van der Waals surface area contributed by atoms with Crippen molar-refractivity contribution in [1.29, 1.82) is 0 Å². The maximum Gasteiger partial charge on any atom is 0.214 e. The molecule has 4 nitrogen and oxygen atoms in total. The second-order valence-electron chi connectivity index (χ2n) is 5.64. The van der Waals surface area contributed by atoms with Crippen molar-refractivity contribution >= 4 is 5.82 Å². The predicted molar refractivity (Wildman–Crippen MR) is 86.6 cm³/mol. The zero-order chi connectivity index (χ0) is 15.9. The SMILES string of the molecule is Fc1cccc(NCc2cccc(COC3CCOCC3)c2)n1. The normalized spacial score (nSPS) is 15.5. The van der Waals surface area contributed by atoms with E-state index in [4.69, 9.17) is 9.47 Å². The van der Waals surface area contributed by atoms with Gasteiger partial charge in [-0.1, -0.05) is 30.3 Å². The van der Waals surface area contributed by atoms with Gasteiger partial charge in [0.05, 0.1) is 12.7 Å². The number of aromatic nitrogens is 1. The van der Waals surface area contributed by atoms with Crippen LogP contribution in [0, 0.1) is 5.95 Å². The van der Waals surface area contributed by atoms with E-state index in [9.17, 15) is 4.39 Å². The molecule has 2 aromatic rings. The third-order valence-corrected chi connectivity index (χ3v) is 3.83. The lowest BCUT2D eigenvalue weighted by atomic mass is 10.1. The summed E-state index contributed by atoms with van der Waals surface area (Å²) in [5, 5.41) is 3.13. The largest absolute Gasteiger partial charge is 0.381 e. The first-order valence-corrected chi connectivity index (χ1v) is 7.93. The highest BCUT2D eigenvalue weighted by molar-refractivity contribution is 5.35. The van der Waals surface area contributed by atoms with Gasteiger partial charge in [0.2, 0.25) is 5.95 Å². The topological polar surface area (TPSA) is 43.4 Å². The second-order valence-corrected chi connectivity index (χ2v) is 5.64. The molecule has 1 N–H and O–H groups in total. The summed E-state index contributed by atoms with van der Waals surface area (Å²) in [5.41, 5.74) is 2.26. The molecule has 3 rings (SSSR count). The van der Waals surface area contributed by atoms with Gasteiger partial charge in [-0.2, -0.15) is 4.39 Å². The predicted octanol–water partition coefficient (Wildman–Crippen LogP) is 3.53. The summed E-state index contributed by atoms with van der Waals surface area (Å²) in [6, 6.07) is 12.9. The molecule has 1 saturated heterocycles. The number of benzene rings is 1. The summed E-state index contributed by atoms with van der Waals surface area (Å²) >= 11 is 0. The molecule has 0 bridgehead atoms. The van der Waals surface area contributed by atoms with Crippen molar-refractivity contribution in [2.75, 3.05) is 18.5 Å². The molecule has 0 radical (unpaired) electrons. The van der Waals surface area contributed by atoms with Crippen LogP contribution in [0.3, 0.4) is 0 Å². The summed E-state index contributed by atoms with van der Waals surface area (Å²) in [4.78, 5) is 3.79. The van der Waals surface area contributed by atoms with E-state index in [2.05, 4.69) is 22.4 Å². The van der Waals surface area contributed by atoms with Gasteiger partial charge in [-0.15, -0.1) is 0 Å². The third kappa shape index (κ3) is 5.01. The van der Waals surface area contributed by atoms with Gasteiger partial charge in [-0.05, 0) is 36.1 Å². The van der Waals surface area contributed by atoms with Gasteiger partial charge < -0.3 is 14.8 Å². The standard InChI is InChI=1S/C18H21FN2O2/c19-17-5-2-6-18(21-17)20-12-14-3-1-4-15(11-14)13-23-16-7-9-22-10-8-16/h1-6,11,16H,7-10,12-13H2,(H,20,21). The maximum absolute atomic E-state index is 13.1. The van der Waals surface area contributed by atoms with Crippen LogP contribution in [0.25, 0.3) is 0 Å². The van der Waals surface area contributed by atoms with Crippen LogP contribution in [-0.4, -0.2) is 24.3 Å². The third-order valence-electron chi connectivity index (χ3n) is 3.83. The van der Waals surface area contributed by atoms with Crippen LogP contribution in [0.1, 0.15) is 24.0 Å². The molecular formula is C18H21FN2O2. The summed E-state index contributed by atoms with van der Waals surface area (Å²) in [6.07, 6.45) is 2.22. The number of ether oxygens (including phenoxy) is 2. The molecule has 122 valence electrons. The number of nitrogens with one attached hydrogen (secondary N) is 1. The Bertz CT molecular complexity index is 630. The Hall–Kier alpha value is -1.98. The summed E-state index contributed by atoms with van der Waals surface area (Å²) in [5.74, 6) is 0.0578. The van der Waals surface area contributed by atoms with Crippen molar-refractivity contribution in [3.63, 3.8) is 0 Å². The van der Waals surface area contributed by atoms with Crippen LogP contribution < -0.4 is 5.32 Å². The fourth-order valence-corrected chi connectivity index (χ4v) is 2.59. The first-order chi connectivity index (χ1) is 11.3. The molecule has 0 amide bonds. The molecule has 1 aliphatic heterocycles. The number of anilines is 1.